The van der Waals surface area contributed by atoms with Gasteiger partial charge in [0.05, 0.1) is 10.0 Å². The molecular formula is C15H9BrCl2N4OS. The van der Waals surface area contributed by atoms with Crippen molar-refractivity contribution in [3.63, 3.8) is 0 Å². The predicted molar refractivity (Wildman–Crippen MR) is 102 cm³/mol. The van der Waals surface area contributed by atoms with E-state index in [4.69, 9.17) is 23.2 Å². The Morgan fingerprint density at radius 2 is 1.75 bits per heavy atom. The van der Waals surface area contributed by atoms with Gasteiger partial charge in [0.1, 0.15) is 5.01 Å². The number of halogens is 3. The molecule has 0 saturated carbocycles. The molecule has 3 rings (SSSR count). The van der Waals surface area contributed by atoms with Crippen LogP contribution in [0.5, 0.6) is 0 Å². The zero-order chi connectivity index (χ0) is 17.1. The third kappa shape index (κ3) is 4.24. The minimum atomic E-state index is -0.438. The Morgan fingerprint density at radius 1 is 1.00 bits per heavy atom. The summed E-state index contributed by atoms with van der Waals surface area (Å²) in [6.45, 7) is 0. The van der Waals surface area contributed by atoms with E-state index in [1.165, 1.54) is 11.3 Å². The number of hydrogen-bond acceptors (Lipinski definition) is 4. The van der Waals surface area contributed by atoms with Gasteiger partial charge in [0.25, 0.3) is 0 Å². The minimum Gasteiger partial charge on any atom is -0.308 e. The monoisotopic (exact) mass is 442 g/mol. The van der Waals surface area contributed by atoms with Gasteiger partial charge in [-0.2, -0.15) is 0 Å². The van der Waals surface area contributed by atoms with Crippen molar-refractivity contribution in [2.45, 2.75) is 0 Å². The first-order chi connectivity index (χ1) is 11.5. The van der Waals surface area contributed by atoms with Crippen LogP contribution in [-0.2, 0) is 0 Å². The predicted octanol–water partition coefficient (Wildman–Crippen LogP) is 5.92. The maximum absolute atomic E-state index is 12.0. The first kappa shape index (κ1) is 17.2. The summed E-state index contributed by atoms with van der Waals surface area (Å²) in [5.41, 5.74) is 1.45. The molecule has 2 amide bonds. The number of aromatic nitrogens is 2. The maximum atomic E-state index is 12.0. The van der Waals surface area contributed by atoms with E-state index < -0.39 is 6.03 Å². The second kappa shape index (κ2) is 7.48. The van der Waals surface area contributed by atoms with Crippen molar-refractivity contribution >= 4 is 67.3 Å². The highest BCUT2D eigenvalue weighted by molar-refractivity contribution is 9.10. The normalized spacial score (nSPS) is 10.5. The number of anilines is 2. The van der Waals surface area contributed by atoms with Crippen LogP contribution in [0.4, 0.5) is 15.6 Å². The van der Waals surface area contributed by atoms with Gasteiger partial charge >= 0.3 is 6.03 Å². The number of hydrogen-bond donors (Lipinski definition) is 2. The molecule has 0 bridgehead atoms. The maximum Gasteiger partial charge on any atom is 0.325 e. The van der Waals surface area contributed by atoms with Gasteiger partial charge in [-0.25, -0.2) is 4.79 Å². The molecule has 0 unspecified atom stereocenters. The number of nitrogens with one attached hydrogen (secondary N) is 2. The third-order valence-corrected chi connectivity index (χ3v) is 5.07. The fraction of sp³-hybridized carbons (Fsp3) is 0. The molecule has 0 fully saturated rings. The summed E-state index contributed by atoms with van der Waals surface area (Å²) in [6, 6.07) is 12.1. The lowest BCUT2D eigenvalue weighted by atomic mass is 10.2. The van der Waals surface area contributed by atoms with Crippen molar-refractivity contribution in [2.24, 2.45) is 0 Å². The number of urea groups is 1. The summed E-state index contributed by atoms with van der Waals surface area (Å²) >= 11 is 16.4. The second-order valence-corrected chi connectivity index (χ2v) is 7.33. The summed E-state index contributed by atoms with van der Waals surface area (Å²) in [6.07, 6.45) is 0. The summed E-state index contributed by atoms with van der Waals surface area (Å²) in [5.74, 6) is 0. The van der Waals surface area contributed by atoms with Crippen molar-refractivity contribution in [2.75, 3.05) is 10.6 Å². The Labute approximate surface area is 160 Å². The van der Waals surface area contributed by atoms with E-state index >= 15 is 0 Å². The van der Waals surface area contributed by atoms with Crippen molar-refractivity contribution in [1.29, 1.82) is 0 Å². The highest BCUT2D eigenvalue weighted by Gasteiger charge is 2.10. The van der Waals surface area contributed by atoms with E-state index in [0.29, 0.717) is 25.9 Å². The molecule has 5 nitrogen and oxygen atoms in total. The molecule has 1 aromatic heterocycles. The lowest BCUT2D eigenvalue weighted by molar-refractivity contribution is 0.262. The van der Waals surface area contributed by atoms with Gasteiger partial charge in [0, 0.05) is 15.7 Å². The van der Waals surface area contributed by atoms with Crippen LogP contribution in [0.2, 0.25) is 10.0 Å². The zero-order valence-corrected chi connectivity index (χ0v) is 15.8. The number of nitrogens with zero attached hydrogens (tertiary/aromatic N) is 2. The Balaban J connectivity index is 1.66. The number of carbonyl (C=O) groups excluding carboxylic acids is 1. The third-order valence-electron chi connectivity index (χ3n) is 2.91. The quantitative estimate of drug-likeness (QED) is 0.527. The van der Waals surface area contributed by atoms with Crippen LogP contribution in [0, 0.1) is 0 Å². The molecule has 0 aliphatic carbocycles. The lowest BCUT2D eigenvalue weighted by Gasteiger charge is -2.05. The topological polar surface area (TPSA) is 66.9 Å². The summed E-state index contributed by atoms with van der Waals surface area (Å²) in [4.78, 5) is 12.0. The van der Waals surface area contributed by atoms with Gasteiger partial charge in [-0.05, 0) is 30.3 Å². The fourth-order valence-electron chi connectivity index (χ4n) is 1.82. The average Bonchev–Trinajstić information content (AvgIpc) is 3.00. The fourth-order valence-corrected chi connectivity index (χ4v) is 3.12. The van der Waals surface area contributed by atoms with Crippen molar-refractivity contribution < 1.29 is 4.79 Å². The molecule has 1 heterocycles. The molecule has 0 aliphatic heterocycles. The number of benzene rings is 2. The van der Waals surface area contributed by atoms with Crippen molar-refractivity contribution in [3.05, 3.63) is 57.0 Å². The molecule has 2 N–H and O–H groups in total. The number of rotatable bonds is 3. The smallest absolute Gasteiger partial charge is 0.308 e. The molecule has 0 saturated heterocycles. The molecule has 0 spiro atoms. The van der Waals surface area contributed by atoms with Crippen LogP contribution in [0.1, 0.15) is 0 Å². The van der Waals surface area contributed by atoms with Gasteiger partial charge in [-0.3, -0.25) is 5.32 Å². The first-order valence-corrected chi connectivity index (χ1v) is 9.00. The Bertz CT molecular complexity index is 885. The Kier molecular flexibility index (Phi) is 5.35. The van der Waals surface area contributed by atoms with E-state index in [1.807, 2.05) is 24.3 Å². The zero-order valence-electron chi connectivity index (χ0n) is 11.9. The number of carbonyl (C=O) groups is 1. The molecule has 0 atom stereocenters. The Hall–Kier alpha value is -1.67. The second-order valence-electron chi connectivity index (χ2n) is 4.63. The van der Waals surface area contributed by atoms with E-state index in [0.717, 1.165) is 10.0 Å². The molecule has 24 heavy (non-hydrogen) atoms. The van der Waals surface area contributed by atoms with Crippen LogP contribution < -0.4 is 10.6 Å². The van der Waals surface area contributed by atoms with E-state index in [9.17, 15) is 4.79 Å². The van der Waals surface area contributed by atoms with Crippen molar-refractivity contribution in [3.8, 4) is 10.6 Å². The summed E-state index contributed by atoms with van der Waals surface area (Å²) in [5, 5.41) is 15.2. The molecule has 0 radical (unpaired) electrons. The molecule has 3 aromatic rings. The largest absolute Gasteiger partial charge is 0.325 e. The standard InChI is InChI=1S/C15H9BrCl2N4OS/c16-9-3-1-8(2-4-9)13-21-22-15(24-13)20-14(23)19-10-5-6-11(17)12(18)7-10/h1-7H,(H2,19,20,22,23). The van der Waals surface area contributed by atoms with Crippen molar-refractivity contribution in [1.82, 2.24) is 10.2 Å². The van der Waals surface area contributed by atoms with Gasteiger partial charge in [-0.1, -0.05) is 62.6 Å². The molecule has 9 heteroatoms. The highest BCUT2D eigenvalue weighted by atomic mass is 79.9. The average molecular weight is 444 g/mol. The van der Waals surface area contributed by atoms with Gasteiger partial charge in [0.15, 0.2) is 0 Å². The number of amides is 2. The first-order valence-electron chi connectivity index (χ1n) is 6.64. The van der Waals surface area contributed by atoms with E-state index in [2.05, 4.69) is 36.8 Å². The van der Waals surface area contributed by atoms with Crippen LogP contribution in [0.25, 0.3) is 10.6 Å². The molecule has 2 aromatic carbocycles. The van der Waals surface area contributed by atoms with Crippen LogP contribution in [0.3, 0.4) is 0 Å². The minimum absolute atomic E-state index is 0.364. The van der Waals surface area contributed by atoms with Crippen LogP contribution in [0.15, 0.2) is 46.9 Å². The van der Waals surface area contributed by atoms with Gasteiger partial charge in [0.2, 0.25) is 5.13 Å². The summed E-state index contributed by atoms with van der Waals surface area (Å²) < 4.78 is 0.982. The van der Waals surface area contributed by atoms with Crippen LogP contribution >= 0.6 is 50.5 Å². The van der Waals surface area contributed by atoms with Gasteiger partial charge in [-0.15, -0.1) is 10.2 Å². The molecular weight excluding hydrogens is 435 g/mol. The highest BCUT2D eigenvalue weighted by Crippen LogP contribution is 2.28. The Morgan fingerprint density at radius 3 is 2.46 bits per heavy atom. The lowest BCUT2D eigenvalue weighted by Crippen LogP contribution is -2.19. The summed E-state index contributed by atoms with van der Waals surface area (Å²) in [7, 11) is 0. The van der Waals surface area contributed by atoms with E-state index in [-0.39, 0.29) is 0 Å². The van der Waals surface area contributed by atoms with Crippen LogP contribution in [-0.4, -0.2) is 16.2 Å². The van der Waals surface area contributed by atoms with E-state index in [1.54, 1.807) is 18.2 Å². The SMILES string of the molecule is O=C(Nc1ccc(Cl)c(Cl)c1)Nc1nnc(-c2ccc(Br)cc2)s1. The van der Waals surface area contributed by atoms with Gasteiger partial charge < -0.3 is 5.32 Å². The molecule has 122 valence electrons. The molecule has 0 aliphatic rings.